The number of rotatable bonds is 4. The Balaban J connectivity index is 2.25. The minimum atomic E-state index is 0.426. The first-order valence-corrected chi connectivity index (χ1v) is 7.24. The van der Waals surface area contributed by atoms with Crippen molar-refractivity contribution in [2.24, 2.45) is 11.3 Å². The van der Waals surface area contributed by atoms with Crippen LogP contribution in [0, 0.1) is 11.3 Å². The lowest BCUT2D eigenvalue weighted by molar-refractivity contribution is 0.333. The molecule has 2 atom stereocenters. The van der Waals surface area contributed by atoms with Crippen LogP contribution in [-0.4, -0.2) is 12.6 Å². The van der Waals surface area contributed by atoms with E-state index in [4.69, 9.17) is 0 Å². The lowest BCUT2D eigenvalue weighted by atomic mass is 9.94. The van der Waals surface area contributed by atoms with Gasteiger partial charge in [-0.25, -0.2) is 0 Å². The molecule has 1 aliphatic rings. The van der Waals surface area contributed by atoms with Crippen molar-refractivity contribution >= 4 is 0 Å². The molecule has 1 saturated carbocycles. The summed E-state index contributed by atoms with van der Waals surface area (Å²) in [5.74, 6) is 1.02. The summed E-state index contributed by atoms with van der Waals surface area (Å²) < 4.78 is 0. The molecule has 0 spiro atoms. The topological polar surface area (TPSA) is 12.0 Å². The average Bonchev–Trinajstić information content (AvgIpc) is 2.40. The van der Waals surface area contributed by atoms with Gasteiger partial charge in [-0.2, -0.15) is 0 Å². The van der Waals surface area contributed by atoms with Crippen LogP contribution in [0.4, 0.5) is 0 Å². The van der Waals surface area contributed by atoms with E-state index >= 15 is 0 Å². The third-order valence-electron chi connectivity index (χ3n) is 3.71. The fourth-order valence-corrected chi connectivity index (χ4v) is 2.73. The summed E-state index contributed by atoms with van der Waals surface area (Å²) in [6, 6.07) is 0.793. The van der Waals surface area contributed by atoms with Gasteiger partial charge in [0.05, 0.1) is 0 Å². The molecule has 1 nitrogen and oxygen atoms in total. The summed E-state index contributed by atoms with van der Waals surface area (Å²) in [6.45, 7) is 10.4. The monoisotopic (exact) mass is 225 g/mol. The second kappa shape index (κ2) is 6.64. The zero-order valence-electron chi connectivity index (χ0n) is 11.8. The van der Waals surface area contributed by atoms with Crippen molar-refractivity contribution in [1.29, 1.82) is 0 Å². The van der Waals surface area contributed by atoms with E-state index in [2.05, 4.69) is 33.0 Å². The van der Waals surface area contributed by atoms with Crippen molar-refractivity contribution < 1.29 is 0 Å². The van der Waals surface area contributed by atoms with Gasteiger partial charge in [0.15, 0.2) is 0 Å². The number of nitrogens with one attached hydrogen (secondary N) is 1. The van der Waals surface area contributed by atoms with Crippen LogP contribution in [0.5, 0.6) is 0 Å². The van der Waals surface area contributed by atoms with Crippen molar-refractivity contribution in [3.05, 3.63) is 0 Å². The fourth-order valence-electron chi connectivity index (χ4n) is 2.73. The molecule has 0 aromatic carbocycles. The highest BCUT2D eigenvalue weighted by Gasteiger charge is 2.19. The molecular formula is C15H31N. The SMILES string of the molecule is CCCC1CCCC(NCC(C)(C)C)CC1. The fraction of sp³-hybridized carbons (Fsp3) is 1.00. The zero-order chi connectivity index (χ0) is 12.0. The van der Waals surface area contributed by atoms with Gasteiger partial charge in [0.1, 0.15) is 0 Å². The summed E-state index contributed by atoms with van der Waals surface area (Å²) >= 11 is 0. The predicted molar refractivity (Wildman–Crippen MR) is 72.7 cm³/mol. The van der Waals surface area contributed by atoms with Gasteiger partial charge in [0.2, 0.25) is 0 Å². The Bertz CT molecular complexity index is 180. The maximum Gasteiger partial charge on any atom is 0.00673 e. The van der Waals surface area contributed by atoms with Crippen LogP contribution in [0.2, 0.25) is 0 Å². The van der Waals surface area contributed by atoms with E-state index in [1.807, 2.05) is 0 Å². The van der Waals surface area contributed by atoms with Gasteiger partial charge in [0, 0.05) is 12.6 Å². The molecule has 1 fully saturated rings. The van der Waals surface area contributed by atoms with Crippen LogP contribution < -0.4 is 5.32 Å². The molecule has 2 unspecified atom stereocenters. The van der Waals surface area contributed by atoms with E-state index in [1.54, 1.807) is 0 Å². The molecule has 96 valence electrons. The highest BCUT2D eigenvalue weighted by Crippen LogP contribution is 2.27. The summed E-state index contributed by atoms with van der Waals surface area (Å²) in [4.78, 5) is 0. The molecule has 0 aliphatic heterocycles. The van der Waals surface area contributed by atoms with Crippen molar-refractivity contribution in [3.63, 3.8) is 0 Å². The molecule has 1 rings (SSSR count). The van der Waals surface area contributed by atoms with Crippen molar-refractivity contribution in [3.8, 4) is 0 Å². The third kappa shape index (κ3) is 5.89. The van der Waals surface area contributed by atoms with Crippen LogP contribution in [-0.2, 0) is 0 Å². The first-order valence-electron chi connectivity index (χ1n) is 7.24. The Morgan fingerprint density at radius 2 is 1.81 bits per heavy atom. The van der Waals surface area contributed by atoms with Crippen molar-refractivity contribution in [2.75, 3.05) is 6.54 Å². The second-order valence-electron chi connectivity index (χ2n) is 6.80. The lowest BCUT2D eigenvalue weighted by Crippen LogP contribution is -2.35. The van der Waals surface area contributed by atoms with E-state index in [0.717, 1.165) is 18.5 Å². The first kappa shape index (κ1) is 14.0. The Morgan fingerprint density at radius 3 is 2.44 bits per heavy atom. The summed E-state index contributed by atoms with van der Waals surface area (Å²) in [5, 5.41) is 3.76. The number of hydrogen-bond donors (Lipinski definition) is 1. The molecule has 1 aliphatic carbocycles. The average molecular weight is 225 g/mol. The zero-order valence-corrected chi connectivity index (χ0v) is 11.8. The predicted octanol–water partition coefficient (Wildman–Crippen LogP) is 4.37. The molecule has 0 heterocycles. The van der Waals surface area contributed by atoms with Crippen molar-refractivity contribution in [1.82, 2.24) is 5.32 Å². The Hall–Kier alpha value is -0.0400. The molecule has 0 bridgehead atoms. The van der Waals surface area contributed by atoms with Gasteiger partial charge in [-0.15, -0.1) is 0 Å². The van der Waals surface area contributed by atoms with Gasteiger partial charge in [-0.05, 0) is 30.6 Å². The van der Waals surface area contributed by atoms with Gasteiger partial charge < -0.3 is 5.32 Å². The largest absolute Gasteiger partial charge is 0.313 e. The van der Waals surface area contributed by atoms with E-state index < -0.39 is 0 Å². The number of hydrogen-bond acceptors (Lipinski definition) is 1. The summed E-state index contributed by atoms with van der Waals surface area (Å²) in [6.07, 6.45) is 9.98. The van der Waals surface area contributed by atoms with Crippen molar-refractivity contribution in [2.45, 2.75) is 78.7 Å². The van der Waals surface area contributed by atoms with Crippen LogP contribution >= 0.6 is 0 Å². The molecule has 0 aromatic rings. The standard InChI is InChI=1S/C15H31N/c1-5-7-13-8-6-9-14(11-10-13)16-12-15(2,3)4/h13-14,16H,5-12H2,1-4H3. The molecule has 1 N–H and O–H groups in total. The first-order chi connectivity index (χ1) is 7.51. The lowest BCUT2D eigenvalue weighted by Gasteiger charge is -2.24. The van der Waals surface area contributed by atoms with Gasteiger partial charge in [0.25, 0.3) is 0 Å². The quantitative estimate of drug-likeness (QED) is 0.701. The van der Waals surface area contributed by atoms with E-state index in [1.165, 1.54) is 44.9 Å². The summed E-state index contributed by atoms with van der Waals surface area (Å²) in [5.41, 5.74) is 0.426. The highest BCUT2D eigenvalue weighted by atomic mass is 14.9. The van der Waals surface area contributed by atoms with Crippen LogP contribution in [0.1, 0.15) is 72.6 Å². The van der Waals surface area contributed by atoms with Crippen LogP contribution in [0.3, 0.4) is 0 Å². The Morgan fingerprint density at radius 1 is 1.06 bits per heavy atom. The minimum Gasteiger partial charge on any atom is -0.313 e. The molecule has 16 heavy (non-hydrogen) atoms. The Kier molecular flexibility index (Phi) is 5.82. The Labute approximate surface area is 102 Å². The molecule has 0 amide bonds. The highest BCUT2D eigenvalue weighted by molar-refractivity contribution is 4.77. The van der Waals surface area contributed by atoms with E-state index in [9.17, 15) is 0 Å². The minimum absolute atomic E-state index is 0.426. The maximum absolute atomic E-state index is 3.76. The maximum atomic E-state index is 3.76. The third-order valence-corrected chi connectivity index (χ3v) is 3.71. The van der Waals surface area contributed by atoms with Gasteiger partial charge in [-0.3, -0.25) is 0 Å². The van der Waals surface area contributed by atoms with E-state index in [-0.39, 0.29) is 0 Å². The van der Waals surface area contributed by atoms with Gasteiger partial charge >= 0.3 is 0 Å². The molecule has 0 radical (unpaired) electrons. The molecule has 1 heteroatoms. The summed E-state index contributed by atoms with van der Waals surface area (Å²) in [7, 11) is 0. The van der Waals surface area contributed by atoms with Crippen LogP contribution in [0.25, 0.3) is 0 Å². The smallest absolute Gasteiger partial charge is 0.00673 e. The molecular weight excluding hydrogens is 194 g/mol. The second-order valence-corrected chi connectivity index (χ2v) is 6.80. The normalized spacial score (nSPS) is 27.8. The van der Waals surface area contributed by atoms with Gasteiger partial charge in [-0.1, -0.05) is 53.4 Å². The molecule has 0 saturated heterocycles. The molecule has 0 aromatic heterocycles. The van der Waals surface area contributed by atoms with Crippen LogP contribution in [0.15, 0.2) is 0 Å². The van der Waals surface area contributed by atoms with E-state index in [0.29, 0.717) is 5.41 Å².